The molecule has 2 N–H and O–H groups in total. The Bertz CT molecular complexity index is 1030. The SMILES string of the molecule is CC(C)(C)OC(=O)NCCCN(CCCCNC(=O)COn1nnc2ccccc21)C(=O)OC(C)(C)C. The number of hydrogen-bond donors (Lipinski definition) is 2. The smallest absolute Gasteiger partial charge is 0.410 e. The topological polar surface area (TPSA) is 137 Å². The van der Waals surface area contributed by atoms with Crippen LogP contribution in [0, 0.1) is 0 Å². The fourth-order valence-electron chi connectivity index (χ4n) is 3.16. The lowest BCUT2D eigenvalue weighted by Crippen LogP contribution is -2.40. The van der Waals surface area contributed by atoms with Crippen molar-refractivity contribution in [2.75, 3.05) is 32.8 Å². The summed E-state index contributed by atoms with van der Waals surface area (Å²) in [5.41, 5.74) is 0.170. The van der Waals surface area contributed by atoms with Crippen molar-refractivity contribution in [3.8, 4) is 0 Å². The summed E-state index contributed by atoms with van der Waals surface area (Å²) in [4.78, 5) is 44.8. The Hall–Kier alpha value is -3.57. The summed E-state index contributed by atoms with van der Waals surface area (Å²) in [6.45, 7) is 12.3. The average Bonchev–Trinajstić information content (AvgIpc) is 3.19. The lowest BCUT2D eigenvalue weighted by atomic mass is 10.2. The third-order valence-electron chi connectivity index (χ3n) is 4.74. The molecule has 1 heterocycles. The van der Waals surface area contributed by atoms with E-state index in [1.807, 2.05) is 32.9 Å². The zero-order valence-corrected chi connectivity index (χ0v) is 22.7. The molecule has 206 valence electrons. The summed E-state index contributed by atoms with van der Waals surface area (Å²) in [5.74, 6) is -0.281. The molecular formula is C25H40N6O6. The van der Waals surface area contributed by atoms with Crippen molar-refractivity contribution in [1.29, 1.82) is 0 Å². The molecule has 0 atom stereocenters. The number of nitrogens with zero attached hydrogens (tertiary/aromatic N) is 4. The Labute approximate surface area is 217 Å². The van der Waals surface area contributed by atoms with Gasteiger partial charge in [0.05, 0.1) is 0 Å². The molecule has 0 fully saturated rings. The van der Waals surface area contributed by atoms with Crippen molar-refractivity contribution in [3.05, 3.63) is 24.3 Å². The number of carbonyl (C=O) groups excluding carboxylic acids is 3. The second kappa shape index (κ2) is 13.7. The molecule has 12 nitrogen and oxygen atoms in total. The molecule has 0 unspecified atom stereocenters. The normalized spacial score (nSPS) is 11.6. The first kappa shape index (κ1) is 29.7. The third kappa shape index (κ3) is 11.8. The molecule has 0 aliphatic rings. The van der Waals surface area contributed by atoms with E-state index in [-0.39, 0.29) is 12.5 Å². The summed E-state index contributed by atoms with van der Waals surface area (Å²) in [5, 5.41) is 13.3. The number of benzene rings is 1. The molecule has 2 rings (SSSR count). The Balaban J connectivity index is 1.70. The van der Waals surface area contributed by atoms with Gasteiger partial charge in [0.25, 0.3) is 5.91 Å². The Morgan fingerprint density at radius 1 is 0.892 bits per heavy atom. The Morgan fingerprint density at radius 3 is 2.24 bits per heavy atom. The maximum absolute atomic E-state index is 12.6. The zero-order chi connectivity index (χ0) is 27.5. The Kier molecular flexibility index (Phi) is 10.9. The number of hydrogen-bond acceptors (Lipinski definition) is 8. The van der Waals surface area contributed by atoms with E-state index in [0.717, 1.165) is 0 Å². The van der Waals surface area contributed by atoms with Crippen LogP contribution in [0.25, 0.3) is 11.0 Å². The van der Waals surface area contributed by atoms with Crippen LogP contribution < -0.4 is 15.5 Å². The molecule has 2 aromatic rings. The lowest BCUT2D eigenvalue weighted by molar-refractivity contribution is -0.126. The third-order valence-corrected chi connectivity index (χ3v) is 4.74. The monoisotopic (exact) mass is 520 g/mol. The minimum absolute atomic E-state index is 0.192. The molecule has 3 amide bonds. The molecule has 0 saturated heterocycles. The van der Waals surface area contributed by atoms with E-state index in [9.17, 15) is 14.4 Å². The molecule has 0 bridgehead atoms. The highest BCUT2D eigenvalue weighted by atomic mass is 16.7. The molecule has 1 aromatic carbocycles. The molecule has 0 aliphatic carbocycles. The summed E-state index contributed by atoms with van der Waals surface area (Å²) in [6.07, 6.45) is 0.959. The van der Waals surface area contributed by atoms with Crippen LogP contribution in [0.3, 0.4) is 0 Å². The van der Waals surface area contributed by atoms with Gasteiger partial charge in [0.2, 0.25) is 0 Å². The van der Waals surface area contributed by atoms with Gasteiger partial charge in [-0.15, -0.1) is 5.10 Å². The number of nitrogens with one attached hydrogen (secondary N) is 2. The van der Waals surface area contributed by atoms with Gasteiger partial charge in [-0.25, -0.2) is 9.59 Å². The summed E-state index contributed by atoms with van der Waals surface area (Å²) in [7, 11) is 0. The van der Waals surface area contributed by atoms with E-state index in [0.29, 0.717) is 56.5 Å². The van der Waals surface area contributed by atoms with Gasteiger partial charge in [0.15, 0.2) is 6.61 Å². The predicted octanol–water partition coefficient (Wildman–Crippen LogP) is 2.91. The van der Waals surface area contributed by atoms with Crippen LogP contribution >= 0.6 is 0 Å². The van der Waals surface area contributed by atoms with Gasteiger partial charge in [-0.1, -0.05) is 17.0 Å². The van der Waals surface area contributed by atoms with Crippen LogP contribution in [-0.4, -0.2) is 82.1 Å². The fourth-order valence-corrected chi connectivity index (χ4v) is 3.16. The van der Waals surface area contributed by atoms with Crippen LogP contribution in [0.5, 0.6) is 0 Å². The first-order chi connectivity index (χ1) is 17.3. The second-order valence-electron chi connectivity index (χ2n) is 10.5. The van der Waals surface area contributed by atoms with Crippen LogP contribution in [0.2, 0.25) is 0 Å². The van der Waals surface area contributed by atoms with Gasteiger partial charge >= 0.3 is 12.2 Å². The standard InChI is InChI=1S/C25H40N6O6/c1-24(2,3)36-22(33)27-15-11-17-30(23(34)37-25(4,5)6)16-10-9-14-26-21(32)18-35-31-20-13-8-7-12-19(20)28-29-31/h7-8,12-13H,9-11,14-18H2,1-6H3,(H,26,32)(H,27,33). The number of para-hydroxylation sites is 1. The van der Waals surface area contributed by atoms with E-state index in [2.05, 4.69) is 20.9 Å². The highest BCUT2D eigenvalue weighted by molar-refractivity contribution is 5.77. The van der Waals surface area contributed by atoms with Gasteiger partial charge in [-0.2, -0.15) is 0 Å². The quantitative estimate of drug-likeness (QED) is 0.408. The van der Waals surface area contributed by atoms with Gasteiger partial charge in [0, 0.05) is 26.2 Å². The molecular weight excluding hydrogens is 480 g/mol. The minimum Gasteiger partial charge on any atom is -0.444 e. The van der Waals surface area contributed by atoms with Crippen LogP contribution in [0.1, 0.15) is 60.8 Å². The number of unbranched alkanes of at least 4 members (excludes halogenated alkanes) is 1. The fraction of sp³-hybridized carbons (Fsp3) is 0.640. The number of carbonyl (C=O) groups is 3. The van der Waals surface area contributed by atoms with Crippen molar-refractivity contribution in [2.45, 2.75) is 72.0 Å². The summed E-state index contributed by atoms with van der Waals surface area (Å²) < 4.78 is 10.7. The molecule has 0 saturated carbocycles. The largest absolute Gasteiger partial charge is 0.444 e. The van der Waals surface area contributed by atoms with E-state index in [4.69, 9.17) is 14.3 Å². The number of alkyl carbamates (subject to hydrolysis) is 1. The van der Waals surface area contributed by atoms with Crippen molar-refractivity contribution >= 4 is 29.1 Å². The predicted molar refractivity (Wildman–Crippen MR) is 138 cm³/mol. The molecule has 37 heavy (non-hydrogen) atoms. The number of rotatable bonds is 12. The van der Waals surface area contributed by atoms with Crippen molar-refractivity contribution < 1.29 is 28.7 Å². The van der Waals surface area contributed by atoms with Gasteiger partial charge < -0.3 is 29.8 Å². The number of amides is 3. The van der Waals surface area contributed by atoms with Gasteiger partial charge in [0.1, 0.15) is 22.2 Å². The summed E-state index contributed by atoms with van der Waals surface area (Å²) in [6, 6.07) is 7.29. The lowest BCUT2D eigenvalue weighted by Gasteiger charge is -2.27. The first-order valence-corrected chi connectivity index (χ1v) is 12.5. The zero-order valence-electron chi connectivity index (χ0n) is 22.7. The molecule has 12 heteroatoms. The van der Waals surface area contributed by atoms with E-state index in [1.165, 1.54) is 4.85 Å². The van der Waals surface area contributed by atoms with E-state index in [1.54, 1.807) is 37.8 Å². The average molecular weight is 521 g/mol. The Morgan fingerprint density at radius 2 is 1.54 bits per heavy atom. The molecule has 0 radical (unpaired) electrons. The highest BCUT2D eigenvalue weighted by Gasteiger charge is 2.22. The van der Waals surface area contributed by atoms with Crippen molar-refractivity contribution in [3.63, 3.8) is 0 Å². The molecule has 1 aromatic heterocycles. The molecule has 0 aliphatic heterocycles. The highest BCUT2D eigenvalue weighted by Crippen LogP contribution is 2.11. The van der Waals surface area contributed by atoms with Gasteiger partial charge in [-0.05, 0) is 78.2 Å². The van der Waals surface area contributed by atoms with E-state index >= 15 is 0 Å². The molecule has 0 spiro atoms. The van der Waals surface area contributed by atoms with Crippen LogP contribution in [0.15, 0.2) is 24.3 Å². The summed E-state index contributed by atoms with van der Waals surface area (Å²) >= 11 is 0. The second-order valence-corrected chi connectivity index (χ2v) is 10.5. The van der Waals surface area contributed by atoms with Crippen LogP contribution in [-0.2, 0) is 14.3 Å². The maximum Gasteiger partial charge on any atom is 0.410 e. The maximum atomic E-state index is 12.6. The van der Waals surface area contributed by atoms with Gasteiger partial charge in [-0.3, -0.25) is 4.79 Å². The van der Waals surface area contributed by atoms with Crippen LogP contribution in [0.4, 0.5) is 9.59 Å². The number of ether oxygens (including phenoxy) is 2. The van der Waals surface area contributed by atoms with Crippen molar-refractivity contribution in [2.24, 2.45) is 0 Å². The number of fused-ring (bicyclic) bond motifs is 1. The van der Waals surface area contributed by atoms with Crippen molar-refractivity contribution in [1.82, 2.24) is 30.7 Å². The van der Waals surface area contributed by atoms with E-state index < -0.39 is 23.4 Å². The minimum atomic E-state index is -0.618. The number of aromatic nitrogens is 3. The first-order valence-electron chi connectivity index (χ1n) is 12.5.